The van der Waals surface area contributed by atoms with Gasteiger partial charge in [0.15, 0.2) is 0 Å². The number of likely N-dealkylation sites (N-methyl/N-ethyl adjacent to an activating group) is 1. The summed E-state index contributed by atoms with van der Waals surface area (Å²) >= 11 is 0. The SMILES string of the molecule is C=C(N=C(/C(C)=C(\C)c1ccc(OC(F)(F)F)cc1)N(C)C)C1CC(CC)C1. The molecule has 1 aliphatic rings. The van der Waals surface area contributed by atoms with Gasteiger partial charge in [-0.05, 0) is 61.4 Å². The van der Waals surface area contributed by atoms with Crippen LogP contribution in [0, 0.1) is 11.8 Å². The van der Waals surface area contributed by atoms with Crippen molar-refractivity contribution in [3.8, 4) is 5.75 Å². The number of hydrogen-bond donors (Lipinski definition) is 0. The Balaban J connectivity index is 2.22. The first-order valence-corrected chi connectivity index (χ1v) is 9.50. The lowest BCUT2D eigenvalue weighted by Crippen LogP contribution is -2.27. The van der Waals surface area contributed by atoms with Gasteiger partial charge in [-0.2, -0.15) is 0 Å². The first-order chi connectivity index (χ1) is 13.0. The van der Waals surface area contributed by atoms with Crippen molar-refractivity contribution >= 4 is 11.4 Å². The van der Waals surface area contributed by atoms with E-state index in [-0.39, 0.29) is 5.75 Å². The van der Waals surface area contributed by atoms with Crippen LogP contribution in [-0.2, 0) is 0 Å². The van der Waals surface area contributed by atoms with Crippen molar-refractivity contribution in [1.82, 2.24) is 4.90 Å². The lowest BCUT2D eigenvalue weighted by atomic mass is 9.72. The predicted octanol–water partition coefficient (Wildman–Crippen LogP) is 6.29. The molecule has 0 radical (unpaired) electrons. The van der Waals surface area contributed by atoms with Gasteiger partial charge in [0.2, 0.25) is 0 Å². The average Bonchev–Trinajstić information content (AvgIpc) is 2.56. The van der Waals surface area contributed by atoms with Crippen molar-refractivity contribution in [3.63, 3.8) is 0 Å². The number of ether oxygens (including phenoxy) is 1. The fourth-order valence-electron chi connectivity index (χ4n) is 3.38. The summed E-state index contributed by atoms with van der Waals surface area (Å²) in [5, 5.41) is 0. The molecule has 0 aromatic heterocycles. The molecule has 0 spiro atoms. The topological polar surface area (TPSA) is 24.8 Å². The number of nitrogens with zero attached hydrogens (tertiary/aromatic N) is 2. The highest BCUT2D eigenvalue weighted by Crippen LogP contribution is 2.40. The normalized spacial score (nSPS) is 20.9. The highest BCUT2D eigenvalue weighted by Gasteiger charge is 2.31. The predicted molar refractivity (Wildman–Crippen MR) is 108 cm³/mol. The van der Waals surface area contributed by atoms with Crippen molar-refractivity contribution in [2.45, 2.75) is 46.4 Å². The maximum Gasteiger partial charge on any atom is 0.573 e. The number of rotatable bonds is 6. The first-order valence-electron chi connectivity index (χ1n) is 9.50. The molecule has 0 bridgehead atoms. The van der Waals surface area contributed by atoms with E-state index < -0.39 is 6.36 Å². The molecule has 1 aromatic carbocycles. The second-order valence-corrected chi connectivity index (χ2v) is 7.59. The van der Waals surface area contributed by atoms with Gasteiger partial charge in [0.1, 0.15) is 11.6 Å². The molecule has 1 aromatic rings. The molecular formula is C22H29F3N2O. The van der Waals surface area contributed by atoms with Crippen LogP contribution in [0.1, 0.15) is 45.6 Å². The summed E-state index contributed by atoms with van der Waals surface area (Å²) in [6, 6.07) is 5.90. The third-order valence-corrected chi connectivity index (χ3v) is 5.38. The van der Waals surface area contributed by atoms with Crippen LogP contribution in [0.3, 0.4) is 0 Å². The van der Waals surface area contributed by atoms with Gasteiger partial charge in [-0.1, -0.05) is 32.1 Å². The number of benzene rings is 1. The molecule has 28 heavy (non-hydrogen) atoms. The molecule has 0 saturated heterocycles. The van der Waals surface area contributed by atoms with E-state index in [0.29, 0.717) is 5.92 Å². The molecule has 6 heteroatoms. The average molecular weight is 394 g/mol. The zero-order chi connectivity index (χ0) is 21.1. The van der Waals surface area contributed by atoms with Crippen LogP contribution in [0.25, 0.3) is 5.57 Å². The third kappa shape index (κ3) is 5.63. The Morgan fingerprint density at radius 1 is 1.18 bits per heavy atom. The van der Waals surface area contributed by atoms with E-state index in [4.69, 9.17) is 4.99 Å². The molecule has 0 amide bonds. The van der Waals surface area contributed by atoms with E-state index in [2.05, 4.69) is 18.2 Å². The van der Waals surface area contributed by atoms with E-state index in [1.54, 1.807) is 12.1 Å². The van der Waals surface area contributed by atoms with Crippen molar-refractivity contribution in [2.75, 3.05) is 14.1 Å². The molecule has 0 atom stereocenters. The van der Waals surface area contributed by atoms with Crippen LogP contribution in [0.5, 0.6) is 5.75 Å². The molecule has 3 nitrogen and oxygen atoms in total. The van der Waals surface area contributed by atoms with Gasteiger partial charge in [0.05, 0.1) is 0 Å². The molecule has 154 valence electrons. The van der Waals surface area contributed by atoms with Gasteiger partial charge >= 0.3 is 6.36 Å². The Morgan fingerprint density at radius 2 is 1.75 bits per heavy atom. The van der Waals surface area contributed by atoms with Crippen molar-refractivity contribution in [1.29, 1.82) is 0 Å². The summed E-state index contributed by atoms with van der Waals surface area (Å²) in [7, 11) is 3.86. The van der Waals surface area contributed by atoms with Gasteiger partial charge in [-0.3, -0.25) is 0 Å². The molecule has 2 rings (SSSR count). The summed E-state index contributed by atoms with van der Waals surface area (Å²) in [5.41, 5.74) is 3.62. The van der Waals surface area contributed by atoms with Crippen LogP contribution < -0.4 is 4.74 Å². The van der Waals surface area contributed by atoms with Crippen LogP contribution in [0.15, 0.2) is 47.1 Å². The van der Waals surface area contributed by atoms with Crippen molar-refractivity contribution in [2.24, 2.45) is 16.8 Å². The molecule has 0 N–H and O–H groups in total. The monoisotopic (exact) mass is 394 g/mol. The highest BCUT2D eigenvalue weighted by molar-refractivity contribution is 6.04. The second-order valence-electron chi connectivity index (χ2n) is 7.59. The number of amidine groups is 1. The molecule has 0 heterocycles. The second kappa shape index (κ2) is 8.84. The zero-order valence-corrected chi connectivity index (χ0v) is 17.2. The Kier molecular flexibility index (Phi) is 6.96. The van der Waals surface area contributed by atoms with Crippen molar-refractivity contribution < 1.29 is 17.9 Å². The summed E-state index contributed by atoms with van der Waals surface area (Å²) < 4.78 is 40.9. The number of halogens is 3. The molecular weight excluding hydrogens is 365 g/mol. The van der Waals surface area contributed by atoms with Crippen LogP contribution >= 0.6 is 0 Å². The van der Waals surface area contributed by atoms with E-state index in [0.717, 1.165) is 47.0 Å². The van der Waals surface area contributed by atoms with Crippen LogP contribution in [0.2, 0.25) is 0 Å². The Labute approximate surface area is 165 Å². The van der Waals surface area contributed by atoms with Crippen LogP contribution in [-0.4, -0.2) is 31.2 Å². The summed E-state index contributed by atoms with van der Waals surface area (Å²) in [4.78, 5) is 6.74. The Hall–Kier alpha value is -2.24. The van der Waals surface area contributed by atoms with Gasteiger partial charge in [-0.15, -0.1) is 13.2 Å². The lowest BCUT2D eigenvalue weighted by molar-refractivity contribution is -0.274. The van der Waals surface area contributed by atoms with Crippen molar-refractivity contribution in [3.05, 3.63) is 47.7 Å². The molecule has 1 aliphatic carbocycles. The summed E-state index contributed by atoms with van der Waals surface area (Å²) in [5.74, 6) is 1.80. The summed E-state index contributed by atoms with van der Waals surface area (Å²) in [6.45, 7) is 10.3. The fraction of sp³-hybridized carbons (Fsp3) is 0.500. The molecule has 0 unspecified atom stereocenters. The maximum absolute atomic E-state index is 12.3. The quantitative estimate of drug-likeness (QED) is 0.418. The van der Waals surface area contributed by atoms with E-state index in [1.807, 2.05) is 32.8 Å². The first kappa shape index (κ1) is 22.1. The number of allylic oxidation sites excluding steroid dienone is 2. The Morgan fingerprint density at radius 3 is 2.21 bits per heavy atom. The standard InChI is InChI=1S/C22H29F3N2O/c1-7-17-12-19(13-17)16(4)26-21(27(5)6)15(3)14(2)18-8-10-20(11-9-18)28-22(23,24)25/h8-11,17,19H,4,7,12-13H2,1-3,5-6H3/b15-14+,26-21?. The molecule has 1 fully saturated rings. The molecule has 1 saturated carbocycles. The largest absolute Gasteiger partial charge is 0.573 e. The van der Waals surface area contributed by atoms with Gasteiger partial charge in [0, 0.05) is 25.7 Å². The number of hydrogen-bond acceptors (Lipinski definition) is 2. The van der Waals surface area contributed by atoms with Crippen LogP contribution in [0.4, 0.5) is 13.2 Å². The zero-order valence-electron chi connectivity index (χ0n) is 17.2. The minimum atomic E-state index is -4.69. The smallest absolute Gasteiger partial charge is 0.406 e. The fourth-order valence-corrected chi connectivity index (χ4v) is 3.38. The summed E-state index contributed by atoms with van der Waals surface area (Å²) in [6.07, 6.45) is -1.21. The minimum absolute atomic E-state index is 0.230. The van der Waals surface area contributed by atoms with E-state index in [1.165, 1.54) is 18.6 Å². The number of alkyl halides is 3. The van der Waals surface area contributed by atoms with Gasteiger partial charge in [0.25, 0.3) is 0 Å². The third-order valence-electron chi connectivity index (χ3n) is 5.38. The van der Waals surface area contributed by atoms with Gasteiger partial charge in [-0.25, -0.2) is 4.99 Å². The minimum Gasteiger partial charge on any atom is -0.406 e. The lowest BCUT2D eigenvalue weighted by Gasteiger charge is -2.35. The van der Waals surface area contributed by atoms with E-state index >= 15 is 0 Å². The van der Waals surface area contributed by atoms with Gasteiger partial charge < -0.3 is 9.64 Å². The molecule has 0 aliphatic heterocycles. The maximum atomic E-state index is 12.3. The highest BCUT2D eigenvalue weighted by atomic mass is 19.4. The van der Waals surface area contributed by atoms with E-state index in [9.17, 15) is 13.2 Å². The number of aliphatic imine (C=N–C) groups is 1. The Bertz CT molecular complexity index is 755.